The molecule has 0 aliphatic carbocycles. The van der Waals surface area contributed by atoms with Crippen molar-refractivity contribution in [2.24, 2.45) is 5.92 Å². The number of ether oxygens (including phenoxy) is 1. The van der Waals surface area contributed by atoms with Crippen LogP contribution in [0.1, 0.15) is 33.5 Å². The minimum atomic E-state index is -0.885. The summed E-state index contributed by atoms with van der Waals surface area (Å²) in [6.07, 6.45) is 3.87. The van der Waals surface area contributed by atoms with E-state index in [1.165, 1.54) is 6.07 Å². The maximum Gasteiger partial charge on any atom is 0.308 e. The molecule has 4 aromatic rings. The van der Waals surface area contributed by atoms with Gasteiger partial charge in [-0.1, -0.05) is 29.8 Å². The van der Waals surface area contributed by atoms with E-state index < -0.39 is 11.9 Å². The fourth-order valence-corrected chi connectivity index (χ4v) is 4.77. The lowest BCUT2D eigenvalue weighted by molar-refractivity contribution is -0.141. The first-order valence-electron chi connectivity index (χ1n) is 13.0. The van der Waals surface area contributed by atoms with Crippen LogP contribution in [0.4, 0.5) is 4.39 Å². The first-order valence-corrected chi connectivity index (χ1v) is 13.0. The summed E-state index contributed by atoms with van der Waals surface area (Å²) in [5, 5.41) is 9.19. The van der Waals surface area contributed by atoms with E-state index in [9.17, 15) is 23.9 Å². The molecule has 1 atom stereocenters. The number of benzene rings is 2. The second-order valence-corrected chi connectivity index (χ2v) is 9.99. The molecule has 5 rings (SSSR count). The summed E-state index contributed by atoms with van der Waals surface area (Å²) in [5.41, 5.74) is 3.75. The molecule has 0 saturated carbocycles. The van der Waals surface area contributed by atoms with Crippen LogP contribution in [0, 0.1) is 18.7 Å². The van der Waals surface area contributed by atoms with Crippen LogP contribution in [-0.2, 0) is 22.4 Å². The van der Waals surface area contributed by atoms with Gasteiger partial charge in [-0.25, -0.2) is 4.39 Å². The molecule has 40 heavy (non-hydrogen) atoms. The maximum absolute atomic E-state index is 14.0. The third-order valence-corrected chi connectivity index (χ3v) is 6.91. The Kier molecular flexibility index (Phi) is 7.72. The normalized spacial score (nSPS) is 14.8. The Morgan fingerprint density at radius 1 is 1.05 bits per heavy atom. The molecule has 1 fully saturated rings. The second kappa shape index (κ2) is 11.5. The molecule has 8 nitrogen and oxygen atoms in total. The molecule has 1 aliphatic rings. The zero-order chi connectivity index (χ0) is 28.2. The fraction of sp³-hybridized carbons (Fsp3) is 0.226. The number of H-pyrrole nitrogens is 1. The fourth-order valence-electron chi connectivity index (χ4n) is 4.77. The van der Waals surface area contributed by atoms with E-state index in [-0.39, 0.29) is 36.9 Å². The average molecular weight is 542 g/mol. The van der Waals surface area contributed by atoms with E-state index in [0.717, 1.165) is 11.1 Å². The summed E-state index contributed by atoms with van der Waals surface area (Å²) >= 11 is 0. The predicted octanol–water partition coefficient (Wildman–Crippen LogP) is 5.22. The highest BCUT2D eigenvalue weighted by Gasteiger charge is 2.31. The van der Waals surface area contributed by atoms with Gasteiger partial charge in [0.25, 0.3) is 5.91 Å². The molecule has 0 spiro atoms. The zero-order valence-electron chi connectivity index (χ0n) is 21.9. The van der Waals surface area contributed by atoms with Crippen LogP contribution < -0.4 is 4.74 Å². The van der Waals surface area contributed by atoms with E-state index in [1.807, 2.05) is 6.92 Å². The molecule has 0 bridgehead atoms. The van der Waals surface area contributed by atoms with Crippen molar-refractivity contribution in [3.8, 4) is 22.9 Å². The van der Waals surface area contributed by atoms with Gasteiger partial charge in [0.2, 0.25) is 0 Å². The van der Waals surface area contributed by atoms with Gasteiger partial charge in [-0.05, 0) is 54.8 Å². The van der Waals surface area contributed by atoms with Gasteiger partial charge in [0, 0.05) is 44.4 Å². The van der Waals surface area contributed by atoms with E-state index in [2.05, 4.69) is 9.97 Å². The van der Waals surface area contributed by atoms with Crippen molar-refractivity contribution in [3.63, 3.8) is 0 Å². The number of carbonyl (C=O) groups excluding carboxylic acids is 2. The van der Waals surface area contributed by atoms with Crippen molar-refractivity contribution in [1.29, 1.82) is 0 Å². The van der Waals surface area contributed by atoms with E-state index in [0.29, 0.717) is 47.0 Å². The number of nitrogens with zero attached hydrogens (tertiary/aromatic N) is 2. The molecule has 204 valence electrons. The van der Waals surface area contributed by atoms with Gasteiger partial charge in [-0.15, -0.1) is 0 Å². The number of hydrogen-bond acceptors (Lipinski definition) is 5. The second-order valence-electron chi connectivity index (χ2n) is 9.99. The number of aromatic amines is 1. The number of hydrogen-bond donors (Lipinski definition) is 2. The van der Waals surface area contributed by atoms with Crippen LogP contribution in [-0.4, -0.2) is 50.7 Å². The van der Waals surface area contributed by atoms with Crippen molar-refractivity contribution in [3.05, 3.63) is 101 Å². The van der Waals surface area contributed by atoms with Gasteiger partial charge >= 0.3 is 5.97 Å². The lowest BCUT2D eigenvalue weighted by Gasteiger charge is -2.14. The largest absolute Gasteiger partial charge is 0.481 e. The topological polar surface area (TPSA) is 113 Å². The van der Waals surface area contributed by atoms with Gasteiger partial charge in [-0.2, -0.15) is 0 Å². The summed E-state index contributed by atoms with van der Waals surface area (Å²) in [7, 11) is 0. The monoisotopic (exact) mass is 541 g/mol. The molecule has 9 heteroatoms. The predicted molar refractivity (Wildman–Crippen MR) is 146 cm³/mol. The van der Waals surface area contributed by atoms with Crippen LogP contribution in [0.3, 0.4) is 0 Å². The van der Waals surface area contributed by atoms with Gasteiger partial charge in [0.05, 0.1) is 22.9 Å². The van der Waals surface area contributed by atoms with Crippen LogP contribution in [0.2, 0.25) is 0 Å². The number of aryl methyl sites for hydroxylation is 1. The van der Waals surface area contributed by atoms with Gasteiger partial charge in [0.1, 0.15) is 23.1 Å². The number of aliphatic carboxylic acids is 1. The van der Waals surface area contributed by atoms with Crippen LogP contribution >= 0.6 is 0 Å². The first-order chi connectivity index (χ1) is 19.2. The highest BCUT2D eigenvalue weighted by molar-refractivity contribution is 5.95. The van der Waals surface area contributed by atoms with Crippen molar-refractivity contribution in [2.75, 3.05) is 13.1 Å². The zero-order valence-corrected chi connectivity index (χ0v) is 21.9. The number of pyridine rings is 1. The smallest absolute Gasteiger partial charge is 0.308 e. The molecule has 2 N–H and O–H groups in total. The third-order valence-electron chi connectivity index (χ3n) is 6.91. The Balaban J connectivity index is 1.20. The number of halogens is 1. The SMILES string of the molecule is Cc1ccc(F)c(CC(=O)Cc2ccc(Oc3ccnc(-c4cc(C(=O)N5CCC(C(=O)O)C5)c[nH]4)c3)cc2)c1. The van der Waals surface area contributed by atoms with Gasteiger partial charge < -0.3 is 19.7 Å². The maximum atomic E-state index is 14.0. The Bertz CT molecular complexity index is 1560. The molecule has 1 saturated heterocycles. The van der Waals surface area contributed by atoms with E-state index >= 15 is 0 Å². The summed E-state index contributed by atoms with van der Waals surface area (Å²) in [5.74, 6) is -0.979. The van der Waals surface area contributed by atoms with Crippen LogP contribution in [0.25, 0.3) is 11.4 Å². The first kappa shape index (κ1) is 26.8. The molecule has 2 aromatic heterocycles. The van der Waals surface area contributed by atoms with Gasteiger partial charge in [-0.3, -0.25) is 19.4 Å². The number of rotatable bonds is 9. The number of aromatic nitrogens is 2. The molecule has 3 heterocycles. The molecular weight excluding hydrogens is 513 g/mol. The molecule has 1 amide bonds. The number of carboxylic acid groups (broad SMARTS) is 1. The summed E-state index contributed by atoms with van der Waals surface area (Å²) < 4.78 is 20.0. The molecule has 0 radical (unpaired) electrons. The minimum Gasteiger partial charge on any atom is -0.481 e. The Morgan fingerprint density at radius 3 is 2.60 bits per heavy atom. The minimum absolute atomic E-state index is 0.0402. The number of likely N-dealkylation sites (tertiary alicyclic amines) is 1. The van der Waals surface area contributed by atoms with Crippen molar-refractivity contribution < 1.29 is 28.6 Å². The van der Waals surface area contributed by atoms with E-state index in [4.69, 9.17) is 4.74 Å². The highest BCUT2D eigenvalue weighted by Crippen LogP contribution is 2.27. The number of amides is 1. The van der Waals surface area contributed by atoms with Crippen molar-refractivity contribution >= 4 is 17.7 Å². The number of carbonyl (C=O) groups is 3. The number of nitrogens with one attached hydrogen (secondary N) is 1. The quantitative estimate of drug-likeness (QED) is 0.301. The Morgan fingerprint density at radius 2 is 1.85 bits per heavy atom. The van der Waals surface area contributed by atoms with Crippen molar-refractivity contribution in [1.82, 2.24) is 14.9 Å². The molecule has 1 aliphatic heterocycles. The van der Waals surface area contributed by atoms with Gasteiger partial charge in [0.15, 0.2) is 0 Å². The average Bonchev–Trinajstić information content (AvgIpc) is 3.63. The lowest BCUT2D eigenvalue weighted by atomic mass is 10.0. The van der Waals surface area contributed by atoms with Crippen LogP contribution in [0.5, 0.6) is 11.5 Å². The van der Waals surface area contributed by atoms with Crippen LogP contribution in [0.15, 0.2) is 73.1 Å². The third kappa shape index (κ3) is 6.26. The molecule has 1 unspecified atom stereocenters. The number of Topliss-reactive ketones (excluding diaryl/α,β-unsaturated/α-hetero) is 1. The molecular formula is C31H28FN3O5. The Labute approximate surface area is 230 Å². The van der Waals surface area contributed by atoms with Crippen molar-refractivity contribution in [2.45, 2.75) is 26.2 Å². The lowest BCUT2D eigenvalue weighted by Crippen LogP contribution is -2.29. The number of carboxylic acids is 1. The summed E-state index contributed by atoms with van der Waals surface area (Å²) in [4.78, 5) is 45.5. The summed E-state index contributed by atoms with van der Waals surface area (Å²) in [6.45, 7) is 2.48. The van der Waals surface area contributed by atoms with E-state index in [1.54, 1.807) is 71.9 Å². The number of ketones is 1. The summed E-state index contributed by atoms with van der Waals surface area (Å²) in [6, 6.07) is 17.0. The highest BCUT2D eigenvalue weighted by atomic mass is 19.1. The Hall–Kier alpha value is -4.79. The standard InChI is InChI=1S/C31H28FN3O5/c1-19-2-7-27(32)22(12-19)14-24(36)13-20-3-5-25(6-4-20)40-26-8-10-33-29(16-26)28-15-23(17-34-28)30(37)35-11-9-21(18-35)31(38)39/h2-8,10,12,15-17,21,34H,9,11,13-14,18H2,1H3,(H,38,39). The molecule has 2 aromatic carbocycles.